The number of rotatable bonds is 6. The van der Waals surface area contributed by atoms with Gasteiger partial charge in [-0.2, -0.15) is 5.10 Å². The van der Waals surface area contributed by atoms with Crippen LogP contribution in [0.1, 0.15) is 29.8 Å². The van der Waals surface area contributed by atoms with Crippen LogP contribution in [0.5, 0.6) is 5.75 Å². The highest BCUT2D eigenvalue weighted by molar-refractivity contribution is 7.10. The zero-order valence-corrected chi connectivity index (χ0v) is 11.8. The van der Waals surface area contributed by atoms with Gasteiger partial charge in [-0.25, -0.2) is 0 Å². The Hall–Kier alpha value is -1.33. The molecule has 0 aromatic carbocycles. The predicted molar refractivity (Wildman–Crippen MR) is 74.2 cm³/mol. The Labute approximate surface area is 112 Å². The largest absolute Gasteiger partial charge is 0.496 e. The monoisotopic (exact) mass is 265 g/mol. The summed E-state index contributed by atoms with van der Waals surface area (Å²) < 4.78 is 7.09. The van der Waals surface area contributed by atoms with E-state index in [1.807, 2.05) is 23.3 Å². The van der Waals surface area contributed by atoms with Crippen molar-refractivity contribution in [1.82, 2.24) is 15.1 Å². The minimum Gasteiger partial charge on any atom is -0.496 e. The van der Waals surface area contributed by atoms with Crippen LogP contribution in [-0.2, 0) is 7.05 Å². The Balaban J connectivity index is 2.24. The summed E-state index contributed by atoms with van der Waals surface area (Å²) >= 11 is 1.71. The number of hydrogen-bond acceptors (Lipinski definition) is 4. The molecule has 2 rings (SSSR count). The van der Waals surface area contributed by atoms with E-state index >= 15 is 0 Å². The van der Waals surface area contributed by atoms with E-state index in [1.54, 1.807) is 18.4 Å². The summed E-state index contributed by atoms with van der Waals surface area (Å²) in [5, 5.41) is 9.84. The number of ether oxygens (including phenoxy) is 1. The van der Waals surface area contributed by atoms with Crippen molar-refractivity contribution >= 4 is 11.3 Å². The van der Waals surface area contributed by atoms with Crippen LogP contribution in [-0.4, -0.2) is 23.4 Å². The van der Waals surface area contributed by atoms with Gasteiger partial charge in [0, 0.05) is 29.1 Å². The molecule has 0 spiro atoms. The first-order chi connectivity index (χ1) is 8.74. The smallest absolute Gasteiger partial charge is 0.129 e. The van der Waals surface area contributed by atoms with Crippen LogP contribution in [0.3, 0.4) is 0 Å². The molecule has 0 aliphatic heterocycles. The van der Waals surface area contributed by atoms with Crippen LogP contribution in [0.25, 0.3) is 0 Å². The maximum Gasteiger partial charge on any atom is 0.129 e. The third-order valence-corrected chi connectivity index (χ3v) is 3.75. The summed E-state index contributed by atoms with van der Waals surface area (Å²) in [6.07, 6.45) is 5.08. The minimum absolute atomic E-state index is 0.201. The van der Waals surface area contributed by atoms with Crippen LogP contribution >= 0.6 is 11.3 Å². The summed E-state index contributed by atoms with van der Waals surface area (Å²) in [6, 6.07) is 2.29. The molecule has 0 radical (unpaired) electrons. The lowest BCUT2D eigenvalue weighted by Crippen LogP contribution is -2.22. The lowest BCUT2D eigenvalue weighted by atomic mass is 10.1. The van der Waals surface area contributed by atoms with Gasteiger partial charge in [0.2, 0.25) is 0 Å². The second kappa shape index (κ2) is 6.02. The highest BCUT2D eigenvalue weighted by atomic mass is 32.1. The van der Waals surface area contributed by atoms with Crippen molar-refractivity contribution in [3.05, 3.63) is 34.3 Å². The van der Waals surface area contributed by atoms with Gasteiger partial charge in [-0.05, 0) is 19.0 Å². The van der Waals surface area contributed by atoms with E-state index in [0.717, 1.165) is 18.7 Å². The van der Waals surface area contributed by atoms with E-state index in [9.17, 15) is 0 Å². The van der Waals surface area contributed by atoms with Crippen LogP contribution in [0.2, 0.25) is 0 Å². The number of hydrogen-bond donors (Lipinski definition) is 1. The van der Waals surface area contributed by atoms with Crippen LogP contribution in [0, 0.1) is 0 Å². The summed E-state index contributed by atoms with van der Waals surface area (Å²) in [4.78, 5) is 1.26. The van der Waals surface area contributed by atoms with Gasteiger partial charge in [-0.1, -0.05) is 6.92 Å². The van der Waals surface area contributed by atoms with E-state index in [1.165, 1.54) is 10.4 Å². The second-order valence-electron chi connectivity index (χ2n) is 4.22. The molecule has 1 atom stereocenters. The Morgan fingerprint density at radius 3 is 2.94 bits per heavy atom. The quantitative estimate of drug-likeness (QED) is 0.872. The molecule has 1 N–H and O–H groups in total. The van der Waals surface area contributed by atoms with Crippen molar-refractivity contribution in [3.63, 3.8) is 0 Å². The van der Waals surface area contributed by atoms with E-state index < -0.39 is 0 Å². The molecular weight excluding hydrogens is 246 g/mol. The summed E-state index contributed by atoms with van der Waals surface area (Å²) in [5.41, 5.74) is 1.19. The highest BCUT2D eigenvalue weighted by Crippen LogP contribution is 2.30. The molecule has 1 unspecified atom stereocenters. The fourth-order valence-corrected chi connectivity index (χ4v) is 2.81. The molecule has 18 heavy (non-hydrogen) atoms. The average Bonchev–Trinajstić information content (AvgIpc) is 2.99. The van der Waals surface area contributed by atoms with E-state index in [4.69, 9.17) is 4.74 Å². The molecule has 0 aliphatic carbocycles. The van der Waals surface area contributed by atoms with Crippen LogP contribution in [0.15, 0.2) is 23.8 Å². The third-order valence-electron chi connectivity index (χ3n) is 2.77. The molecule has 98 valence electrons. The Bertz CT molecular complexity index is 492. The molecule has 2 heterocycles. The number of aromatic nitrogens is 2. The van der Waals surface area contributed by atoms with E-state index in [-0.39, 0.29) is 6.04 Å². The molecule has 5 heteroatoms. The van der Waals surface area contributed by atoms with Gasteiger partial charge in [-0.3, -0.25) is 4.68 Å². The molecule has 0 fully saturated rings. The Morgan fingerprint density at radius 1 is 1.56 bits per heavy atom. The zero-order valence-electron chi connectivity index (χ0n) is 11.0. The summed E-state index contributed by atoms with van der Waals surface area (Å²) in [5.74, 6) is 0.919. The first-order valence-electron chi connectivity index (χ1n) is 6.09. The second-order valence-corrected chi connectivity index (χ2v) is 5.17. The van der Waals surface area contributed by atoms with Crippen molar-refractivity contribution in [2.24, 2.45) is 7.05 Å². The number of nitrogens with one attached hydrogen (secondary N) is 1. The normalized spacial score (nSPS) is 12.6. The van der Waals surface area contributed by atoms with Crippen LogP contribution < -0.4 is 10.1 Å². The van der Waals surface area contributed by atoms with Gasteiger partial charge in [0.1, 0.15) is 5.75 Å². The van der Waals surface area contributed by atoms with Gasteiger partial charge >= 0.3 is 0 Å². The van der Waals surface area contributed by atoms with Gasteiger partial charge < -0.3 is 10.1 Å². The van der Waals surface area contributed by atoms with Gasteiger partial charge in [0.25, 0.3) is 0 Å². The van der Waals surface area contributed by atoms with Crippen molar-refractivity contribution in [1.29, 1.82) is 0 Å². The Kier molecular flexibility index (Phi) is 4.38. The highest BCUT2D eigenvalue weighted by Gasteiger charge is 2.17. The van der Waals surface area contributed by atoms with Gasteiger partial charge in [0.05, 0.1) is 19.3 Å². The van der Waals surface area contributed by atoms with Crippen molar-refractivity contribution in [2.75, 3.05) is 13.7 Å². The third kappa shape index (κ3) is 2.91. The molecule has 2 aromatic rings. The van der Waals surface area contributed by atoms with Crippen molar-refractivity contribution in [3.8, 4) is 5.75 Å². The van der Waals surface area contributed by atoms with Crippen LogP contribution in [0.4, 0.5) is 0 Å². The maximum absolute atomic E-state index is 5.25. The molecule has 0 amide bonds. The predicted octanol–water partition coefficient (Wildman–Crippen LogP) is 2.58. The average molecular weight is 265 g/mol. The first kappa shape index (κ1) is 13.1. The number of methoxy groups -OCH3 is 1. The van der Waals surface area contributed by atoms with Gasteiger partial charge in [0.15, 0.2) is 0 Å². The lowest BCUT2D eigenvalue weighted by molar-refractivity contribution is 0.416. The molecule has 0 bridgehead atoms. The van der Waals surface area contributed by atoms with E-state index in [0.29, 0.717) is 0 Å². The molecule has 0 saturated carbocycles. The Morgan fingerprint density at radius 2 is 2.39 bits per heavy atom. The fraction of sp³-hybridized carbons (Fsp3) is 0.462. The summed E-state index contributed by atoms with van der Waals surface area (Å²) in [6.45, 7) is 3.15. The van der Waals surface area contributed by atoms with Gasteiger partial charge in [-0.15, -0.1) is 11.3 Å². The van der Waals surface area contributed by atoms with E-state index in [2.05, 4.69) is 29.6 Å². The number of thiophene rings is 1. The molecule has 0 aliphatic rings. The lowest BCUT2D eigenvalue weighted by Gasteiger charge is -2.15. The molecule has 4 nitrogen and oxygen atoms in total. The topological polar surface area (TPSA) is 39.1 Å². The molecular formula is C13H19N3OS. The SMILES string of the molecule is CCCNC(c1cnn(C)c1)c1cc(OC)cs1. The number of aryl methyl sites for hydroxylation is 1. The molecule has 0 saturated heterocycles. The maximum atomic E-state index is 5.25. The summed E-state index contributed by atoms with van der Waals surface area (Å²) in [7, 11) is 3.64. The fourth-order valence-electron chi connectivity index (χ4n) is 1.85. The zero-order chi connectivity index (χ0) is 13.0. The first-order valence-corrected chi connectivity index (χ1v) is 6.97. The molecule has 2 aromatic heterocycles. The van der Waals surface area contributed by atoms with Crippen molar-refractivity contribution < 1.29 is 4.74 Å². The standard InChI is InChI=1S/C13H19N3OS/c1-4-5-14-13(10-7-15-16(2)8-10)12-6-11(17-3)9-18-12/h6-9,13-14H,4-5H2,1-3H3. The number of nitrogens with zero attached hydrogens (tertiary/aromatic N) is 2. The minimum atomic E-state index is 0.201. The van der Waals surface area contributed by atoms with Crippen molar-refractivity contribution in [2.45, 2.75) is 19.4 Å².